The number of hydrogen-bond donors (Lipinski definition) is 2. The second-order valence-corrected chi connectivity index (χ2v) is 7.48. The maximum Gasteiger partial charge on any atom is 0.247 e. The lowest BCUT2D eigenvalue weighted by atomic mass is 9.58. The predicted molar refractivity (Wildman–Crippen MR) is 113 cm³/mol. The molecule has 0 heterocycles. The van der Waals surface area contributed by atoms with Crippen molar-refractivity contribution in [2.45, 2.75) is 52.1 Å². The van der Waals surface area contributed by atoms with Crippen molar-refractivity contribution < 1.29 is 4.79 Å². The number of carbonyl (C=O) groups is 1. The van der Waals surface area contributed by atoms with E-state index >= 15 is 0 Å². The van der Waals surface area contributed by atoms with Gasteiger partial charge in [-0.15, -0.1) is 0 Å². The second-order valence-electron chi connectivity index (χ2n) is 7.48. The third kappa shape index (κ3) is 3.84. The molecule has 0 aliphatic carbocycles. The molecule has 3 N–H and O–H groups in total. The summed E-state index contributed by atoms with van der Waals surface area (Å²) in [7, 11) is 0. The van der Waals surface area contributed by atoms with Crippen LogP contribution in [0.4, 0.5) is 0 Å². The molecule has 0 bridgehead atoms. The third-order valence-electron chi connectivity index (χ3n) is 6.11. The number of carbonyl (C=O) groups excluding carboxylic acids is 1. The minimum absolute atomic E-state index is 0.145. The monoisotopic (exact) mass is 364 g/mol. The number of rotatable bonds is 8. The summed E-state index contributed by atoms with van der Waals surface area (Å²) in [5, 5.41) is 3.28. The quantitative estimate of drug-likeness (QED) is 0.640. The molecular formula is C24H32N2O. The first-order valence-corrected chi connectivity index (χ1v) is 9.66. The van der Waals surface area contributed by atoms with Crippen LogP contribution < -0.4 is 11.1 Å². The maximum atomic E-state index is 12.7. The number of nitrogens with two attached hydrogens (primary N) is 1. The van der Waals surface area contributed by atoms with E-state index in [0.29, 0.717) is 5.57 Å². The van der Waals surface area contributed by atoms with Gasteiger partial charge in [-0.05, 0) is 37.8 Å². The molecule has 0 aromatic heterocycles. The van der Waals surface area contributed by atoms with E-state index in [4.69, 9.17) is 5.73 Å². The van der Waals surface area contributed by atoms with Crippen LogP contribution in [0.25, 0.3) is 0 Å². The highest BCUT2D eigenvalue weighted by molar-refractivity contribution is 5.92. The topological polar surface area (TPSA) is 55.1 Å². The molecule has 3 heteroatoms. The van der Waals surface area contributed by atoms with E-state index in [0.717, 1.165) is 24.0 Å². The summed E-state index contributed by atoms with van der Waals surface area (Å²) in [6, 6.07) is 20.0. The fraction of sp³-hybridized carbons (Fsp3) is 0.375. The smallest absolute Gasteiger partial charge is 0.247 e. The molecule has 27 heavy (non-hydrogen) atoms. The SMILES string of the molecule is C=C(C)C(=O)NC(C)(c1ccccc1)C(CC)(CC)C(N)c1ccccc1. The van der Waals surface area contributed by atoms with Crippen LogP contribution in [0.5, 0.6) is 0 Å². The maximum absolute atomic E-state index is 12.7. The zero-order valence-electron chi connectivity index (χ0n) is 17.0. The summed E-state index contributed by atoms with van der Waals surface area (Å²) < 4.78 is 0. The van der Waals surface area contributed by atoms with Crippen molar-refractivity contribution in [1.29, 1.82) is 0 Å². The van der Waals surface area contributed by atoms with Crippen molar-refractivity contribution in [2.24, 2.45) is 11.1 Å². The minimum Gasteiger partial charge on any atom is -0.342 e. The predicted octanol–water partition coefficient (Wildman–Crippen LogP) is 5.10. The Bertz CT molecular complexity index is 765. The fourth-order valence-electron chi connectivity index (χ4n) is 4.28. The van der Waals surface area contributed by atoms with Crippen LogP contribution in [-0.4, -0.2) is 5.91 Å². The molecule has 0 spiro atoms. The molecule has 2 aromatic carbocycles. The van der Waals surface area contributed by atoms with Crippen LogP contribution in [0, 0.1) is 5.41 Å². The summed E-state index contributed by atoms with van der Waals surface area (Å²) in [6.45, 7) is 12.0. The molecule has 2 aromatic rings. The Balaban J connectivity index is 2.68. The highest BCUT2D eigenvalue weighted by Crippen LogP contribution is 2.52. The van der Waals surface area contributed by atoms with Gasteiger partial charge in [-0.3, -0.25) is 4.79 Å². The Morgan fingerprint density at radius 1 is 1.04 bits per heavy atom. The van der Waals surface area contributed by atoms with Gasteiger partial charge in [0.25, 0.3) is 0 Å². The summed E-state index contributed by atoms with van der Waals surface area (Å²) in [5.74, 6) is -0.145. The van der Waals surface area contributed by atoms with E-state index in [2.05, 4.69) is 56.9 Å². The standard InChI is InChI=1S/C24H32N2O/c1-6-24(7-2,21(25)19-14-10-8-11-15-19)23(5,26-22(27)18(3)4)20-16-12-9-13-17-20/h8-17,21H,3,6-7,25H2,1-2,4-5H3,(H,26,27). The van der Waals surface area contributed by atoms with E-state index in [9.17, 15) is 4.79 Å². The molecule has 0 saturated carbocycles. The van der Waals surface area contributed by atoms with Gasteiger partial charge in [-0.2, -0.15) is 0 Å². The Labute approximate surface area is 163 Å². The first-order valence-electron chi connectivity index (χ1n) is 9.66. The van der Waals surface area contributed by atoms with Crippen molar-refractivity contribution in [2.75, 3.05) is 0 Å². The number of nitrogens with one attached hydrogen (secondary N) is 1. The van der Waals surface area contributed by atoms with E-state index in [1.165, 1.54) is 0 Å². The van der Waals surface area contributed by atoms with Crippen molar-refractivity contribution in [3.63, 3.8) is 0 Å². The van der Waals surface area contributed by atoms with Crippen LogP contribution in [0.15, 0.2) is 72.8 Å². The second kappa shape index (κ2) is 8.53. The van der Waals surface area contributed by atoms with Gasteiger partial charge in [0, 0.05) is 17.0 Å². The summed E-state index contributed by atoms with van der Waals surface area (Å²) >= 11 is 0. The molecule has 2 unspecified atom stereocenters. The Kier molecular flexibility index (Phi) is 6.61. The van der Waals surface area contributed by atoms with E-state index in [-0.39, 0.29) is 17.4 Å². The molecule has 3 nitrogen and oxygen atoms in total. The van der Waals surface area contributed by atoms with Gasteiger partial charge in [0.1, 0.15) is 0 Å². The number of benzene rings is 2. The van der Waals surface area contributed by atoms with Crippen LogP contribution in [-0.2, 0) is 10.3 Å². The fourth-order valence-corrected chi connectivity index (χ4v) is 4.28. The molecule has 0 saturated heterocycles. The Morgan fingerprint density at radius 3 is 1.96 bits per heavy atom. The van der Waals surface area contributed by atoms with E-state index in [1.54, 1.807) is 6.92 Å². The van der Waals surface area contributed by atoms with Gasteiger partial charge in [-0.1, -0.05) is 81.1 Å². The zero-order valence-corrected chi connectivity index (χ0v) is 17.0. The summed E-state index contributed by atoms with van der Waals surface area (Å²) in [5.41, 5.74) is 8.49. The minimum atomic E-state index is -0.650. The van der Waals surface area contributed by atoms with Gasteiger partial charge in [-0.25, -0.2) is 0 Å². The molecular weight excluding hydrogens is 332 g/mol. The van der Waals surface area contributed by atoms with Crippen molar-refractivity contribution in [3.05, 3.63) is 83.9 Å². The van der Waals surface area contributed by atoms with Crippen LogP contribution in [0.2, 0.25) is 0 Å². The molecule has 1 amide bonds. The lowest BCUT2D eigenvalue weighted by Gasteiger charge is -2.52. The molecule has 2 rings (SSSR count). The van der Waals surface area contributed by atoms with E-state index in [1.807, 2.05) is 36.4 Å². The Morgan fingerprint density at radius 2 is 1.52 bits per heavy atom. The average molecular weight is 365 g/mol. The molecule has 0 fully saturated rings. The number of hydrogen-bond acceptors (Lipinski definition) is 2. The molecule has 0 aliphatic heterocycles. The van der Waals surface area contributed by atoms with Crippen molar-refractivity contribution >= 4 is 5.91 Å². The van der Waals surface area contributed by atoms with E-state index < -0.39 is 5.54 Å². The lowest BCUT2D eigenvalue weighted by molar-refractivity contribution is -0.122. The average Bonchev–Trinajstić information content (AvgIpc) is 2.70. The van der Waals surface area contributed by atoms with Gasteiger partial charge < -0.3 is 11.1 Å². The zero-order chi connectivity index (χ0) is 20.1. The van der Waals surface area contributed by atoms with Crippen molar-refractivity contribution in [3.8, 4) is 0 Å². The molecule has 2 atom stereocenters. The Hall–Kier alpha value is -2.39. The third-order valence-corrected chi connectivity index (χ3v) is 6.11. The van der Waals surface area contributed by atoms with Gasteiger partial charge >= 0.3 is 0 Å². The highest BCUT2D eigenvalue weighted by Gasteiger charge is 2.51. The van der Waals surface area contributed by atoms with Crippen LogP contribution in [0.1, 0.15) is 57.7 Å². The normalized spacial score (nSPS) is 14.9. The molecule has 0 radical (unpaired) electrons. The lowest BCUT2D eigenvalue weighted by Crippen LogP contribution is -2.59. The van der Waals surface area contributed by atoms with Crippen LogP contribution >= 0.6 is 0 Å². The first-order chi connectivity index (χ1) is 12.8. The van der Waals surface area contributed by atoms with Gasteiger partial charge in [0.05, 0.1) is 5.54 Å². The van der Waals surface area contributed by atoms with Crippen LogP contribution in [0.3, 0.4) is 0 Å². The van der Waals surface area contributed by atoms with Crippen molar-refractivity contribution in [1.82, 2.24) is 5.32 Å². The number of amides is 1. The molecule has 0 aliphatic rings. The summed E-state index contributed by atoms with van der Waals surface area (Å²) in [6.07, 6.45) is 1.64. The van der Waals surface area contributed by atoms with Gasteiger partial charge in [0.15, 0.2) is 0 Å². The molecule has 144 valence electrons. The van der Waals surface area contributed by atoms with Gasteiger partial charge in [0.2, 0.25) is 5.91 Å². The highest BCUT2D eigenvalue weighted by atomic mass is 16.1. The largest absolute Gasteiger partial charge is 0.342 e. The summed E-state index contributed by atoms with van der Waals surface area (Å²) in [4.78, 5) is 12.7. The first kappa shape index (κ1) is 20.9.